The third kappa shape index (κ3) is 4.05. The van der Waals surface area contributed by atoms with Crippen LogP contribution in [-0.4, -0.2) is 26.0 Å². The van der Waals surface area contributed by atoms with Crippen LogP contribution < -0.4 is 4.72 Å². The van der Waals surface area contributed by atoms with Crippen molar-refractivity contribution in [3.8, 4) is 6.07 Å². The van der Waals surface area contributed by atoms with Crippen LogP contribution in [0, 0.1) is 18.3 Å². The number of benzene rings is 1. The molecule has 108 valence electrons. The van der Waals surface area contributed by atoms with Gasteiger partial charge in [0.25, 0.3) is 0 Å². The Morgan fingerprint density at radius 2 is 2.10 bits per heavy atom. The first-order valence-corrected chi connectivity index (χ1v) is 7.58. The Hall–Kier alpha value is -1.91. The second kappa shape index (κ2) is 7.03. The summed E-state index contributed by atoms with van der Waals surface area (Å²) in [5.41, 5.74) is 0.182. The number of hydrogen-bond acceptors (Lipinski definition) is 4. The van der Waals surface area contributed by atoms with E-state index in [1.54, 1.807) is 0 Å². The number of nitrogens with zero attached hydrogens (tertiary/aromatic N) is 1. The quantitative estimate of drug-likeness (QED) is 0.744. The SMILES string of the molecule is Cc1c(C(=O)O)cccc1S(=O)(=O)NCCCCC#N. The molecule has 6 nitrogen and oxygen atoms in total. The summed E-state index contributed by atoms with van der Waals surface area (Å²) in [5.74, 6) is -1.16. The molecule has 0 aromatic heterocycles. The number of hydrogen-bond donors (Lipinski definition) is 2. The highest BCUT2D eigenvalue weighted by Gasteiger charge is 2.19. The lowest BCUT2D eigenvalue weighted by atomic mass is 10.1. The summed E-state index contributed by atoms with van der Waals surface area (Å²) in [4.78, 5) is 11.0. The molecule has 0 atom stereocenters. The Morgan fingerprint density at radius 3 is 2.70 bits per heavy atom. The van der Waals surface area contributed by atoms with Crippen molar-refractivity contribution in [2.24, 2.45) is 0 Å². The van der Waals surface area contributed by atoms with E-state index in [1.807, 2.05) is 6.07 Å². The summed E-state index contributed by atoms with van der Waals surface area (Å²) in [6.45, 7) is 1.69. The van der Waals surface area contributed by atoms with Gasteiger partial charge in [0, 0.05) is 13.0 Å². The summed E-state index contributed by atoms with van der Waals surface area (Å²) in [6, 6.07) is 6.13. The average molecular weight is 296 g/mol. The number of nitrogens with one attached hydrogen (secondary N) is 1. The van der Waals surface area contributed by atoms with Crippen molar-refractivity contribution in [2.75, 3.05) is 6.54 Å². The number of rotatable bonds is 7. The minimum absolute atomic E-state index is 0.0299. The molecule has 1 aromatic rings. The largest absolute Gasteiger partial charge is 0.478 e. The van der Waals surface area contributed by atoms with Crippen LogP contribution in [0.5, 0.6) is 0 Å². The number of carboxylic acid groups (broad SMARTS) is 1. The topological polar surface area (TPSA) is 107 Å². The maximum absolute atomic E-state index is 12.1. The van der Waals surface area contributed by atoms with Gasteiger partial charge in [-0.2, -0.15) is 5.26 Å². The predicted octanol–water partition coefficient (Wildman–Crippen LogP) is 1.67. The third-order valence-corrected chi connectivity index (χ3v) is 4.42. The minimum Gasteiger partial charge on any atom is -0.478 e. The van der Waals surface area contributed by atoms with Crippen molar-refractivity contribution in [3.63, 3.8) is 0 Å². The molecule has 0 aliphatic rings. The van der Waals surface area contributed by atoms with E-state index >= 15 is 0 Å². The fourth-order valence-electron chi connectivity index (χ4n) is 1.75. The zero-order chi connectivity index (χ0) is 15.2. The maximum atomic E-state index is 12.1. The van der Waals surface area contributed by atoms with Crippen molar-refractivity contribution in [3.05, 3.63) is 29.3 Å². The van der Waals surface area contributed by atoms with Crippen LogP contribution >= 0.6 is 0 Å². The Bertz CT molecular complexity index is 632. The molecule has 1 aromatic carbocycles. The van der Waals surface area contributed by atoms with Gasteiger partial charge in [-0.05, 0) is 37.5 Å². The van der Waals surface area contributed by atoms with Crippen LogP contribution in [0.4, 0.5) is 0 Å². The normalized spacial score (nSPS) is 11.0. The van der Waals surface area contributed by atoms with Crippen LogP contribution in [0.25, 0.3) is 0 Å². The molecule has 20 heavy (non-hydrogen) atoms. The van der Waals surface area contributed by atoms with Crippen molar-refractivity contribution in [1.29, 1.82) is 5.26 Å². The summed E-state index contributed by atoms with van der Waals surface area (Å²) in [5, 5.41) is 17.4. The van der Waals surface area contributed by atoms with Gasteiger partial charge in [-0.1, -0.05) is 6.07 Å². The van der Waals surface area contributed by atoms with E-state index in [0.29, 0.717) is 19.3 Å². The molecule has 0 heterocycles. The molecule has 0 aliphatic heterocycles. The molecule has 2 N–H and O–H groups in total. The molecule has 1 rings (SSSR count). The minimum atomic E-state index is -3.73. The van der Waals surface area contributed by atoms with Crippen LogP contribution in [0.2, 0.25) is 0 Å². The Labute approximate surface area is 118 Å². The zero-order valence-corrected chi connectivity index (χ0v) is 11.9. The number of carbonyl (C=O) groups is 1. The number of nitriles is 1. The molecule has 0 spiro atoms. The molecule has 0 bridgehead atoms. The zero-order valence-electron chi connectivity index (χ0n) is 11.1. The van der Waals surface area contributed by atoms with Gasteiger partial charge in [0.2, 0.25) is 10.0 Å². The smallest absolute Gasteiger partial charge is 0.335 e. The monoisotopic (exact) mass is 296 g/mol. The first-order chi connectivity index (χ1) is 9.40. The molecule has 0 unspecified atom stereocenters. The van der Waals surface area contributed by atoms with E-state index in [1.165, 1.54) is 25.1 Å². The van der Waals surface area contributed by atoms with Gasteiger partial charge in [0.15, 0.2) is 0 Å². The van der Waals surface area contributed by atoms with E-state index in [9.17, 15) is 13.2 Å². The molecular weight excluding hydrogens is 280 g/mol. The van der Waals surface area contributed by atoms with Gasteiger partial charge >= 0.3 is 5.97 Å². The maximum Gasteiger partial charge on any atom is 0.335 e. The molecule has 0 fully saturated rings. The number of carboxylic acids is 1. The number of sulfonamides is 1. The molecule has 0 saturated heterocycles. The van der Waals surface area contributed by atoms with E-state index in [0.717, 1.165) is 0 Å². The van der Waals surface area contributed by atoms with Crippen LogP contribution in [0.1, 0.15) is 35.2 Å². The highest BCUT2D eigenvalue weighted by molar-refractivity contribution is 7.89. The molecule has 7 heteroatoms. The highest BCUT2D eigenvalue weighted by atomic mass is 32.2. The number of unbranched alkanes of at least 4 members (excludes halogenated alkanes) is 2. The van der Waals surface area contributed by atoms with Crippen LogP contribution in [0.15, 0.2) is 23.1 Å². The lowest BCUT2D eigenvalue weighted by Crippen LogP contribution is -2.26. The lowest BCUT2D eigenvalue weighted by Gasteiger charge is -2.10. The van der Waals surface area contributed by atoms with E-state index in [2.05, 4.69) is 4.72 Å². The lowest BCUT2D eigenvalue weighted by molar-refractivity contribution is 0.0696. The van der Waals surface area contributed by atoms with Gasteiger partial charge in [0.05, 0.1) is 16.5 Å². The van der Waals surface area contributed by atoms with Crippen molar-refractivity contribution in [2.45, 2.75) is 31.1 Å². The summed E-state index contributed by atoms with van der Waals surface area (Å²) in [6.07, 6.45) is 1.56. The molecular formula is C13H16N2O4S. The van der Waals surface area contributed by atoms with Gasteiger partial charge in [-0.3, -0.25) is 0 Å². The standard InChI is InChI=1S/C13H16N2O4S/c1-10-11(13(16)17)6-5-7-12(10)20(18,19)15-9-4-2-3-8-14/h5-7,15H,2-4,9H2,1H3,(H,16,17). The fraction of sp³-hybridized carbons (Fsp3) is 0.385. The van der Waals surface area contributed by atoms with Crippen LogP contribution in [0.3, 0.4) is 0 Å². The van der Waals surface area contributed by atoms with E-state index < -0.39 is 16.0 Å². The van der Waals surface area contributed by atoms with E-state index in [-0.39, 0.29) is 22.6 Å². The molecule has 0 saturated carbocycles. The second-order valence-corrected chi connectivity index (χ2v) is 5.98. The van der Waals surface area contributed by atoms with Crippen LogP contribution in [-0.2, 0) is 10.0 Å². The molecule has 0 aliphatic carbocycles. The van der Waals surface area contributed by atoms with Crippen molar-refractivity contribution in [1.82, 2.24) is 4.72 Å². The molecule has 0 radical (unpaired) electrons. The summed E-state index contributed by atoms with van der Waals surface area (Å²) in [7, 11) is -3.73. The van der Waals surface area contributed by atoms with Crippen molar-refractivity contribution < 1.29 is 18.3 Å². The highest BCUT2D eigenvalue weighted by Crippen LogP contribution is 2.18. The average Bonchev–Trinajstić information content (AvgIpc) is 2.38. The van der Waals surface area contributed by atoms with Gasteiger partial charge in [-0.25, -0.2) is 17.9 Å². The molecule has 0 amide bonds. The van der Waals surface area contributed by atoms with Gasteiger partial charge < -0.3 is 5.11 Å². The van der Waals surface area contributed by atoms with Crippen molar-refractivity contribution >= 4 is 16.0 Å². The first kappa shape index (κ1) is 16.1. The Balaban J connectivity index is 2.86. The predicted molar refractivity (Wildman–Crippen MR) is 72.8 cm³/mol. The van der Waals surface area contributed by atoms with Gasteiger partial charge in [0.1, 0.15) is 0 Å². The summed E-state index contributed by atoms with van der Waals surface area (Å²) >= 11 is 0. The third-order valence-electron chi connectivity index (χ3n) is 2.81. The second-order valence-electron chi connectivity index (χ2n) is 4.25. The Morgan fingerprint density at radius 1 is 1.40 bits per heavy atom. The number of aromatic carboxylic acids is 1. The fourth-order valence-corrected chi connectivity index (χ4v) is 3.09. The Kier molecular flexibility index (Phi) is 5.67. The summed E-state index contributed by atoms with van der Waals surface area (Å²) < 4.78 is 26.6. The van der Waals surface area contributed by atoms with E-state index in [4.69, 9.17) is 10.4 Å². The van der Waals surface area contributed by atoms with Gasteiger partial charge in [-0.15, -0.1) is 0 Å². The first-order valence-electron chi connectivity index (χ1n) is 6.09.